The highest BCUT2D eigenvalue weighted by Crippen LogP contribution is 2.34. The van der Waals surface area contributed by atoms with Gasteiger partial charge in [-0.25, -0.2) is 9.67 Å². The number of aliphatic hydroxyl groups excluding tert-OH is 1. The van der Waals surface area contributed by atoms with Gasteiger partial charge in [-0.1, -0.05) is 37.3 Å². The summed E-state index contributed by atoms with van der Waals surface area (Å²) in [5.41, 5.74) is 10.3. The topological polar surface area (TPSA) is 123 Å². The summed E-state index contributed by atoms with van der Waals surface area (Å²) < 4.78 is 13.7. The molecule has 0 radical (unpaired) electrons. The fraction of sp³-hybridized carbons (Fsp3) is 0.531. The SMILES string of the molecule is C[Si](C)(C)CCOCn1cc(COc2ccc3c(c2Cl)CCN(C[C@@H](O)CN=C(N)c2ccnc(NC4CCC4)c2)C3)cn1. The van der Waals surface area contributed by atoms with E-state index in [9.17, 15) is 5.11 Å². The molecule has 2 aromatic heterocycles. The second kappa shape index (κ2) is 14.9. The van der Waals surface area contributed by atoms with Crippen molar-refractivity contribution in [3.63, 3.8) is 0 Å². The van der Waals surface area contributed by atoms with E-state index in [-0.39, 0.29) is 6.54 Å². The van der Waals surface area contributed by atoms with Crippen molar-refractivity contribution in [2.24, 2.45) is 10.7 Å². The number of aromatic nitrogens is 3. The summed E-state index contributed by atoms with van der Waals surface area (Å²) in [6.45, 7) is 10.8. The number of fused-ring (bicyclic) bond motifs is 1. The van der Waals surface area contributed by atoms with Crippen LogP contribution in [0.4, 0.5) is 5.82 Å². The molecule has 0 spiro atoms. The highest BCUT2D eigenvalue weighted by molar-refractivity contribution is 6.76. The molecule has 44 heavy (non-hydrogen) atoms. The number of anilines is 1. The van der Waals surface area contributed by atoms with Gasteiger partial charge in [-0.2, -0.15) is 5.10 Å². The molecule has 238 valence electrons. The number of nitrogens with two attached hydrogens (primary N) is 1. The first kappa shape index (κ1) is 32.4. The predicted molar refractivity (Wildman–Crippen MR) is 178 cm³/mol. The molecule has 0 amide bonds. The van der Waals surface area contributed by atoms with E-state index < -0.39 is 14.2 Å². The van der Waals surface area contributed by atoms with Crippen molar-refractivity contribution >= 4 is 31.3 Å². The number of benzene rings is 1. The van der Waals surface area contributed by atoms with E-state index in [4.69, 9.17) is 26.8 Å². The highest BCUT2D eigenvalue weighted by atomic mass is 35.5. The Morgan fingerprint density at radius 3 is 2.89 bits per heavy atom. The van der Waals surface area contributed by atoms with Gasteiger partial charge in [0.25, 0.3) is 0 Å². The summed E-state index contributed by atoms with van der Waals surface area (Å²) in [6, 6.07) is 9.39. The lowest BCUT2D eigenvalue weighted by Gasteiger charge is -2.31. The molecule has 3 aromatic rings. The second-order valence-electron chi connectivity index (χ2n) is 13.1. The number of hydrogen-bond acceptors (Lipinski definition) is 8. The van der Waals surface area contributed by atoms with E-state index in [0.717, 1.165) is 53.7 Å². The lowest BCUT2D eigenvalue weighted by Crippen LogP contribution is -2.38. The van der Waals surface area contributed by atoms with Crippen molar-refractivity contribution in [1.82, 2.24) is 19.7 Å². The third kappa shape index (κ3) is 9.27. The van der Waals surface area contributed by atoms with Crippen LogP contribution in [0.2, 0.25) is 30.7 Å². The van der Waals surface area contributed by atoms with Gasteiger partial charge >= 0.3 is 0 Å². The maximum atomic E-state index is 10.7. The summed E-state index contributed by atoms with van der Waals surface area (Å²) in [7, 11) is -1.10. The Balaban J connectivity index is 1.08. The largest absolute Gasteiger partial charge is 0.487 e. The minimum absolute atomic E-state index is 0.234. The number of rotatable bonds is 15. The van der Waals surface area contributed by atoms with Gasteiger partial charge in [-0.3, -0.25) is 9.89 Å². The van der Waals surface area contributed by atoms with Gasteiger partial charge in [0.15, 0.2) is 0 Å². The van der Waals surface area contributed by atoms with Crippen LogP contribution in [0.3, 0.4) is 0 Å². The molecule has 4 N–H and O–H groups in total. The average molecular weight is 640 g/mol. The minimum Gasteiger partial charge on any atom is -0.487 e. The van der Waals surface area contributed by atoms with Crippen molar-refractivity contribution in [3.8, 4) is 5.75 Å². The quantitative estimate of drug-likeness (QED) is 0.0928. The summed E-state index contributed by atoms with van der Waals surface area (Å²) in [5, 5.41) is 19.2. The monoisotopic (exact) mass is 639 g/mol. The van der Waals surface area contributed by atoms with Crippen LogP contribution >= 0.6 is 11.6 Å². The number of aliphatic hydroxyl groups is 1. The number of ether oxygens (including phenoxy) is 2. The normalized spacial score (nSPS) is 16.8. The van der Waals surface area contributed by atoms with Crippen LogP contribution < -0.4 is 15.8 Å². The molecule has 0 saturated heterocycles. The van der Waals surface area contributed by atoms with Gasteiger partial charge < -0.3 is 25.6 Å². The van der Waals surface area contributed by atoms with Crippen molar-refractivity contribution in [1.29, 1.82) is 0 Å². The zero-order chi connectivity index (χ0) is 31.1. The van der Waals surface area contributed by atoms with Crippen LogP contribution in [0.25, 0.3) is 0 Å². The number of pyridine rings is 1. The molecule has 5 rings (SSSR count). The van der Waals surface area contributed by atoms with E-state index in [1.807, 2.05) is 24.4 Å². The summed E-state index contributed by atoms with van der Waals surface area (Å²) in [5.74, 6) is 1.89. The Morgan fingerprint density at radius 1 is 1.27 bits per heavy atom. The number of hydrogen-bond donors (Lipinski definition) is 3. The minimum atomic E-state index is -1.10. The fourth-order valence-corrected chi connectivity index (χ4v) is 6.34. The first-order valence-electron chi connectivity index (χ1n) is 15.6. The molecule has 1 aromatic carbocycles. The zero-order valence-corrected chi connectivity index (χ0v) is 27.9. The van der Waals surface area contributed by atoms with Crippen LogP contribution in [-0.4, -0.2) is 77.1 Å². The fourth-order valence-electron chi connectivity index (χ4n) is 5.25. The van der Waals surface area contributed by atoms with Gasteiger partial charge in [0.05, 0.1) is 23.9 Å². The maximum Gasteiger partial charge on any atom is 0.139 e. The van der Waals surface area contributed by atoms with Crippen molar-refractivity contribution in [2.75, 3.05) is 31.6 Å². The predicted octanol–water partition coefficient (Wildman–Crippen LogP) is 4.91. The Labute approximate surface area is 266 Å². The van der Waals surface area contributed by atoms with Gasteiger partial charge in [0.2, 0.25) is 0 Å². The van der Waals surface area contributed by atoms with Gasteiger partial charge in [-0.05, 0) is 61.1 Å². The lowest BCUT2D eigenvalue weighted by atomic mass is 9.93. The highest BCUT2D eigenvalue weighted by Gasteiger charge is 2.23. The first-order valence-corrected chi connectivity index (χ1v) is 19.7. The van der Waals surface area contributed by atoms with Crippen LogP contribution in [0.1, 0.15) is 41.5 Å². The number of aliphatic imine (C=N–C) groups is 1. The molecule has 1 aliphatic carbocycles. The molecule has 1 aliphatic heterocycles. The smallest absolute Gasteiger partial charge is 0.139 e. The molecule has 12 heteroatoms. The zero-order valence-electron chi connectivity index (χ0n) is 26.1. The van der Waals surface area contributed by atoms with Crippen molar-refractivity contribution < 1.29 is 14.6 Å². The number of β-amino-alcohol motifs (C(OH)–C–C–N with tert-alkyl or cyclic N) is 1. The Hall–Kier alpha value is -2.96. The van der Waals surface area contributed by atoms with Gasteiger partial charge in [0, 0.05) is 63.9 Å². The summed E-state index contributed by atoms with van der Waals surface area (Å²) >= 11 is 6.79. The Morgan fingerprint density at radius 2 is 2.11 bits per heavy atom. The van der Waals surface area contributed by atoms with E-state index >= 15 is 0 Å². The number of nitrogens with one attached hydrogen (secondary N) is 1. The van der Waals surface area contributed by atoms with Gasteiger partial charge in [-0.15, -0.1) is 0 Å². The number of halogens is 1. The Kier molecular flexibility index (Phi) is 11.0. The molecule has 0 bridgehead atoms. The Bertz CT molecular complexity index is 1420. The lowest BCUT2D eigenvalue weighted by molar-refractivity contribution is 0.0784. The average Bonchev–Trinajstić information content (AvgIpc) is 3.43. The summed E-state index contributed by atoms with van der Waals surface area (Å²) in [4.78, 5) is 11.1. The molecular formula is C32H46ClN7O3Si. The molecule has 2 aliphatic rings. The van der Waals surface area contributed by atoms with E-state index in [1.54, 1.807) is 17.1 Å². The van der Waals surface area contributed by atoms with E-state index in [2.05, 4.69) is 51.0 Å². The van der Waals surface area contributed by atoms with Crippen LogP contribution in [0.15, 0.2) is 47.8 Å². The third-order valence-electron chi connectivity index (χ3n) is 8.13. The molecule has 1 saturated carbocycles. The number of amidine groups is 1. The van der Waals surface area contributed by atoms with Crippen LogP contribution in [-0.2, 0) is 31.0 Å². The molecule has 10 nitrogen and oxygen atoms in total. The standard InChI is InChI=1S/C32H46ClN7O3Si/c1-44(2,3)14-13-42-22-40-18-23(16-37-40)21-43-29-8-7-25-19-39(12-10-28(25)31(29)33)20-27(41)17-36-32(34)24-9-11-35-30(15-24)38-26-5-4-6-26/h7-9,11,15-16,18,26-27,41H,4-6,10,12-14,17,19-22H2,1-3H3,(H2,34,36)(H,35,38)/t27-/m0/s1. The van der Waals surface area contributed by atoms with Crippen molar-refractivity contribution in [3.05, 3.63) is 70.1 Å². The van der Waals surface area contributed by atoms with E-state index in [0.29, 0.717) is 49.1 Å². The van der Waals surface area contributed by atoms with Crippen LogP contribution in [0, 0.1) is 0 Å². The third-order valence-corrected chi connectivity index (χ3v) is 10.3. The molecular weight excluding hydrogens is 594 g/mol. The summed E-state index contributed by atoms with van der Waals surface area (Å²) in [6.07, 6.45) is 9.24. The molecule has 3 heterocycles. The second-order valence-corrected chi connectivity index (χ2v) is 19.1. The van der Waals surface area contributed by atoms with Crippen LogP contribution in [0.5, 0.6) is 5.75 Å². The first-order chi connectivity index (χ1) is 21.1. The molecule has 1 atom stereocenters. The molecule has 0 unspecified atom stereocenters. The van der Waals surface area contributed by atoms with Crippen molar-refractivity contribution in [2.45, 2.75) is 83.4 Å². The van der Waals surface area contributed by atoms with E-state index in [1.165, 1.54) is 19.3 Å². The number of nitrogens with zero attached hydrogens (tertiary/aromatic N) is 5. The van der Waals surface area contributed by atoms with Gasteiger partial charge in [0.1, 0.15) is 30.7 Å². The molecule has 1 fully saturated rings. The maximum absolute atomic E-state index is 10.7.